The number of Topliss-reactive ketones (excluding diaryl/α,β-unsaturated/α-hetero) is 1. The third kappa shape index (κ3) is 3.98. The summed E-state index contributed by atoms with van der Waals surface area (Å²) in [5.74, 6) is -2.25. The van der Waals surface area contributed by atoms with Gasteiger partial charge in [-0.3, -0.25) is 9.59 Å². The number of aryl methyl sites for hydroxylation is 1. The lowest BCUT2D eigenvalue weighted by atomic mass is 9.94. The second-order valence-electron chi connectivity index (χ2n) is 7.98. The van der Waals surface area contributed by atoms with E-state index in [4.69, 9.17) is 4.74 Å². The number of ketones is 1. The number of likely N-dealkylation sites (N-methyl/N-ethyl adjacent to an activating group) is 1. The molecule has 1 amide bonds. The molecule has 0 saturated carbocycles. The van der Waals surface area contributed by atoms with Gasteiger partial charge in [0, 0.05) is 11.3 Å². The highest BCUT2D eigenvalue weighted by Gasteiger charge is 2.46. The standard InChI is InChI=1S/C23H27N3O5/c1-13-16(14(2)24-18(13)23(30)31-5)20(27)17-19(15-9-7-6-8-10-15)26(12-11-25(3)4)22(29)21(17)28/h6-10,19,24,27H,11-12H2,1-5H3/p+1/t19-/m0/s1. The number of aromatic amines is 1. The Morgan fingerprint density at radius 2 is 1.84 bits per heavy atom. The molecular formula is C23H28N3O5+. The molecule has 1 fully saturated rings. The first kappa shape index (κ1) is 22.3. The summed E-state index contributed by atoms with van der Waals surface area (Å²) in [7, 11) is 5.20. The number of aliphatic hydroxyl groups excluding tert-OH is 1. The zero-order valence-electron chi connectivity index (χ0n) is 18.4. The number of quaternary nitrogens is 1. The van der Waals surface area contributed by atoms with Gasteiger partial charge in [-0.25, -0.2) is 4.79 Å². The predicted octanol–water partition coefficient (Wildman–Crippen LogP) is 0.984. The van der Waals surface area contributed by atoms with Crippen molar-refractivity contribution in [1.82, 2.24) is 9.88 Å². The number of amides is 1. The number of ether oxygens (including phenoxy) is 1. The molecule has 1 saturated heterocycles. The number of methoxy groups -OCH3 is 1. The Balaban J connectivity index is 2.20. The molecular weight excluding hydrogens is 398 g/mol. The molecule has 164 valence electrons. The fourth-order valence-electron chi connectivity index (χ4n) is 3.98. The number of esters is 1. The summed E-state index contributed by atoms with van der Waals surface area (Å²) in [5, 5.41) is 11.3. The van der Waals surface area contributed by atoms with Crippen molar-refractivity contribution in [1.29, 1.82) is 0 Å². The molecule has 1 aliphatic rings. The minimum Gasteiger partial charge on any atom is -0.507 e. The summed E-state index contributed by atoms with van der Waals surface area (Å²) in [4.78, 5) is 43.6. The van der Waals surface area contributed by atoms with Crippen LogP contribution in [0, 0.1) is 13.8 Å². The van der Waals surface area contributed by atoms with E-state index in [-0.39, 0.29) is 17.0 Å². The SMILES string of the molecule is COC(=O)c1[nH]c(C)c(C(O)=C2C(=O)C(=O)N(CC[NH+](C)C)[C@H]2c2ccccc2)c1C. The van der Waals surface area contributed by atoms with Gasteiger partial charge in [-0.2, -0.15) is 0 Å². The lowest BCUT2D eigenvalue weighted by molar-refractivity contribution is -0.857. The van der Waals surface area contributed by atoms with Crippen LogP contribution in [0.3, 0.4) is 0 Å². The van der Waals surface area contributed by atoms with Crippen LogP contribution >= 0.6 is 0 Å². The topological polar surface area (TPSA) is 104 Å². The number of nitrogens with one attached hydrogen (secondary N) is 2. The predicted molar refractivity (Wildman–Crippen MR) is 115 cm³/mol. The van der Waals surface area contributed by atoms with Gasteiger partial charge in [-0.1, -0.05) is 30.3 Å². The average molecular weight is 426 g/mol. The first-order valence-electron chi connectivity index (χ1n) is 10.1. The maximum Gasteiger partial charge on any atom is 0.354 e. The summed E-state index contributed by atoms with van der Waals surface area (Å²) in [6.07, 6.45) is 0. The first-order chi connectivity index (χ1) is 14.7. The van der Waals surface area contributed by atoms with Gasteiger partial charge in [0.2, 0.25) is 0 Å². The van der Waals surface area contributed by atoms with Crippen molar-refractivity contribution in [3.8, 4) is 0 Å². The molecule has 0 bridgehead atoms. The fraction of sp³-hybridized carbons (Fsp3) is 0.348. The van der Waals surface area contributed by atoms with E-state index in [1.807, 2.05) is 44.4 Å². The normalized spacial score (nSPS) is 18.1. The van der Waals surface area contributed by atoms with Gasteiger partial charge in [-0.15, -0.1) is 0 Å². The third-order valence-corrected chi connectivity index (χ3v) is 5.57. The minimum atomic E-state index is -0.736. The van der Waals surface area contributed by atoms with E-state index < -0.39 is 23.7 Å². The Bertz CT molecular complexity index is 1050. The molecule has 0 aliphatic carbocycles. The summed E-state index contributed by atoms with van der Waals surface area (Å²) in [6.45, 7) is 4.36. The maximum atomic E-state index is 13.1. The van der Waals surface area contributed by atoms with Crippen molar-refractivity contribution >= 4 is 23.4 Å². The lowest BCUT2D eigenvalue weighted by Crippen LogP contribution is -3.06. The van der Waals surface area contributed by atoms with E-state index in [9.17, 15) is 19.5 Å². The third-order valence-electron chi connectivity index (χ3n) is 5.57. The molecule has 31 heavy (non-hydrogen) atoms. The Morgan fingerprint density at radius 3 is 2.42 bits per heavy atom. The number of hydrogen-bond donors (Lipinski definition) is 3. The number of carbonyl (C=O) groups is 3. The van der Waals surface area contributed by atoms with Gasteiger partial charge in [0.25, 0.3) is 11.7 Å². The van der Waals surface area contributed by atoms with Crippen LogP contribution in [0.15, 0.2) is 35.9 Å². The second kappa shape index (κ2) is 8.77. The first-order valence-corrected chi connectivity index (χ1v) is 10.1. The molecule has 0 radical (unpaired) electrons. The van der Waals surface area contributed by atoms with Crippen molar-refractivity contribution < 1.29 is 29.1 Å². The van der Waals surface area contributed by atoms with Crippen molar-refractivity contribution in [3.63, 3.8) is 0 Å². The van der Waals surface area contributed by atoms with Crippen LogP contribution in [0.2, 0.25) is 0 Å². The molecule has 1 aliphatic heterocycles. The van der Waals surface area contributed by atoms with Crippen molar-refractivity contribution in [2.45, 2.75) is 19.9 Å². The van der Waals surface area contributed by atoms with Crippen LogP contribution < -0.4 is 4.90 Å². The van der Waals surface area contributed by atoms with Gasteiger partial charge in [0.1, 0.15) is 11.5 Å². The van der Waals surface area contributed by atoms with Crippen molar-refractivity contribution in [2.75, 3.05) is 34.3 Å². The molecule has 3 rings (SSSR count). The molecule has 0 spiro atoms. The number of rotatable bonds is 6. The second-order valence-corrected chi connectivity index (χ2v) is 7.98. The van der Waals surface area contributed by atoms with E-state index in [1.165, 1.54) is 12.0 Å². The van der Waals surface area contributed by atoms with Crippen molar-refractivity contribution in [3.05, 3.63) is 64.0 Å². The summed E-state index contributed by atoms with van der Waals surface area (Å²) in [5.41, 5.74) is 2.24. The monoisotopic (exact) mass is 426 g/mol. The van der Waals surface area contributed by atoms with Crippen LogP contribution in [0.4, 0.5) is 0 Å². The van der Waals surface area contributed by atoms with E-state index in [0.29, 0.717) is 29.9 Å². The highest BCUT2D eigenvalue weighted by Crippen LogP contribution is 2.40. The number of likely N-dealkylation sites (tertiary alicyclic amines) is 1. The van der Waals surface area contributed by atoms with Crippen LogP contribution in [-0.4, -0.2) is 66.9 Å². The Hall–Kier alpha value is -3.39. The van der Waals surface area contributed by atoms with Crippen LogP contribution in [0.5, 0.6) is 0 Å². The zero-order valence-corrected chi connectivity index (χ0v) is 18.4. The molecule has 1 atom stereocenters. The zero-order chi connectivity index (χ0) is 22.9. The number of H-pyrrole nitrogens is 1. The lowest BCUT2D eigenvalue weighted by Gasteiger charge is -2.25. The van der Waals surface area contributed by atoms with Crippen LogP contribution in [0.25, 0.3) is 5.76 Å². The van der Waals surface area contributed by atoms with E-state index in [2.05, 4.69) is 4.98 Å². The molecule has 3 N–H and O–H groups in total. The summed E-state index contributed by atoms with van der Waals surface area (Å²) in [6, 6.07) is 8.45. The molecule has 2 aromatic rings. The highest BCUT2D eigenvalue weighted by molar-refractivity contribution is 6.46. The van der Waals surface area contributed by atoms with Gasteiger partial charge in [0.05, 0.1) is 45.9 Å². The molecule has 0 unspecified atom stereocenters. The molecule has 8 heteroatoms. The van der Waals surface area contributed by atoms with E-state index >= 15 is 0 Å². The highest BCUT2D eigenvalue weighted by atomic mass is 16.5. The molecule has 1 aromatic carbocycles. The number of nitrogens with zero attached hydrogens (tertiary/aromatic N) is 1. The van der Waals surface area contributed by atoms with E-state index in [1.54, 1.807) is 13.8 Å². The van der Waals surface area contributed by atoms with Gasteiger partial charge >= 0.3 is 5.97 Å². The Kier molecular flexibility index (Phi) is 6.31. The average Bonchev–Trinajstić information content (AvgIpc) is 3.18. The molecule has 1 aromatic heterocycles. The van der Waals surface area contributed by atoms with Crippen LogP contribution in [-0.2, 0) is 14.3 Å². The fourth-order valence-corrected chi connectivity index (χ4v) is 3.98. The van der Waals surface area contributed by atoms with Crippen LogP contribution in [0.1, 0.15) is 38.9 Å². The van der Waals surface area contributed by atoms with Gasteiger partial charge in [0.15, 0.2) is 0 Å². The quantitative estimate of drug-likeness (QED) is 0.277. The molecule has 2 heterocycles. The Morgan fingerprint density at radius 1 is 1.19 bits per heavy atom. The maximum absolute atomic E-state index is 13.1. The number of carbonyl (C=O) groups excluding carboxylic acids is 3. The minimum absolute atomic E-state index is 0.0200. The Labute approximate surface area is 181 Å². The van der Waals surface area contributed by atoms with E-state index in [0.717, 1.165) is 10.5 Å². The number of aliphatic hydroxyl groups is 1. The van der Waals surface area contributed by atoms with Crippen molar-refractivity contribution in [2.24, 2.45) is 0 Å². The number of aromatic nitrogens is 1. The van der Waals surface area contributed by atoms with Gasteiger partial charge < -0.3 is 24.6 Å². The largest absolute Gasteiger partial charge is 0.507 e. The smallest absolute Gasteiger partial charge is 0.354 e. The summed E-state index contributed by atoms with van der Waals surface area (Å²) >= 11 is 0. The number of hydrogen-bond acceptors (Lipinski definition) is 5. The number of benzene rings is 1. The summed E-state index contributed by atoms with van der Waals surface area (Å²) < 4.78 is 4.79. The molecule has 8 nitrogen and oxygen atoms in total. The van der Waals surface area contributed by atoms with Gasteiger partial charge in [-0.05, 0) is 25.0 Å².